The first kappa shape index (κ1) is 22.1. The number of aliphatic hydroxyl groups is 1. The summed E-state index contributed by atoms with van der Waals surface area (Å²) >= 11 is 0. The standard InChI is InChI=1S/C22H22F5NO2/c1-20(2,17-10-15(23)7-8-19(17)29)12-21(30,22(25,26)27)13-28-9-3-4-14-5-6-16(24)11-18(14)28/h3-8,10-11,29-30H,9,12-13H2,1-2H3. The molecule has 1 unspecified atom stereocenters. The lowest BCUT2D eigenvalue weighted by atomic mass is 9.74. The molecule has 1 aliphatic rings. The number of phenolic OH excluding ortho intramolecular Hbond substituents is 1. The lowest BCUT2D eigenvalue weighted by Gasteiger charge is -2.42. The molecular weight excluding hydrogens is 405 g/mol. The fourth-order valence-electron chi connectivity index (χ4n) is 3.92. The molecule has 0 aromatic heterocycles. The third kappa shape index (κ3) is 4.28. The SMILES string of the molecule is CC(C)(CC(O)(CN1CC=Cc2ccc(F)cc21)C(F)(F)F)c1cc(F)ccc1O. The normalized spacial score (nSPS) is 16.3. The van der Waals surface area contributed by atoms with Crippen LogP contribution in [-0.2, 0) is 5.41 Å². The summed E-state index contributed by atoms with van der Waals surface area (Å²) in [7, 11) is 0. The number of halogens is 5. The van der Waals surface area contributed by atoms with Crippen LogP contribution in [0.25, 0.3) is 6.08 Å². The molecule has 0 saturated carbocycles. The number of nitrogens with zero attached hydrogens (tertiary/aromatic N) is 1. The van der Waals surface area contributed by atoms with Gasteiger partial charge in [-0.2, -0.15) is 13.2 Å². The van der Waals surface area contributed by atoms with Crippen LogP contribution < -0.4 is 4.90 Å². The van der Waals surface area contributed by atoms with Gasteiger partial charge < -0.3 is 15.1 Å². The second-order valence-electron chi connectivity index (χ2n) is 8.24. The van der Waals surface area contributed by atoms with Gasteiger partial charge in [0.15, 0.2) is 5.60 Å². The molecule has 3 rings (SSSR count). The van der Waals surface area contributed by atoms with Gasteiger partial charge in [0.05, 0.1) is 6.54 Å². The number of β-amino-alcohol motifs (C(OH)–C–C–N with tert-alkyl or cyclic N) is 1. The van der Waals surface area contributed by atoms with E-state index < -0.39 is 41.8 Å². The summed E-state index contributed by atoms with van der Waals surface area (Å²) in [5, 5.41) is 20.9. The van der Waals surface area contributed by atoms with Crippen LogP contribution in [0.2, 0.25) is 0 Å². The molecule has 2 N–H and O–H groups in total. The van der Waals surface area contributed by atoms with Crippen LogP contribution >= 0.6 is 0 Å². The Morgan fingerprint density at radius 1 is 1.00 bits per heavy atom. The number of rotatable bonds is 5. The third-order valence-corrected chi connectivity index (χ3v) is 5.36. The molecule has 1 atom stereocenters. The van der Waals surface area contributed by atoms with Gasteiger partial charge in [0.25, 0.3) is 0 Å². The molecule has 0 aliphatic carbocycles. The number of benzene rings is 2. The summed E-state index contributed by atoms with van der Waals surface area (Å²) in [5.74, 6) is -1.68. The maximum Gasteiger partial charge on any atom is 0.418 e. The van der Waals surface area contributed by atoms with E-state index in [4.69, 9.17) is 0 Å². The van der Waals surface area contributed by atoms with Gasteiger partial charge in [0.1, 0.15) is 17.4 Å². The third-order valence-electron chi connectivity index (χ3n) is 5.36. The molecule has 0 fully saturated rings. The molecule has 2 aromatic carbocycles. The zero-order valence-corrected chi connectivity index (χ0v) is 16.5. The second-order valence-corrected chi connectivity index (χ2v) is 8.24. The molecule has 3 nitrogen and oxygen atoms in total. The van der Waals surface area contributed by atoms with Gasteiger partial charge in [0.2, 0.25) is 0 Å². The van der Waals surface area contributed by atoms with E-state index in [-0.39, 0.29) is 23.5 Å². The number of hydrogen-bond donors (Lipinski definition) is 2. The van der Waals surface area contributed by atoms with Crippen molar-refractivity contribution in [3.8, 4) is 5.75 Å². The first-order valence-corrected chi connectivity index (χ1v) is 9.32. The smallest absolute Gasteiger partial charge is 0.418 e. The fourth-order valence-corrected chi connectivity index (χ4v) is 3.92. The van der Waals surface area contributed by atoms with E-state index >= 15 is 0 Å². The molecule has 162 valence electrons. The van der Waals surface area contributed by atoms with Crippen LogP contribution in [0.15, 0.2) is 42.5 Å². The molecule has 0 bridgehead atoms. The Kier molecular flexibility index (Phi) is 5.58. The van der Waals surface area contributed by atoms with E-state index in [2.05, 4.69) is 0 Å². The average molecular weight is 427 g/mol. The Labute approximate surface area is 171 Å². The number of anilines is 1. The molecule has 1 aliphatic heterocycles. The molecule has 1 heterocycles. The van der Waals surface area contributed by atoms with Crippen molar-refractivity contribution in [1.82, 2.24) is 0 Å². The van der Waals surface area contributed by atoms with Crippen LogP contribution in [0.5, 0.6) is 5.75 Å². The Bertz CT molecular complexity index is 970. The van der Waals surface area contributed by atoms with Gasteiger partial charge in [-0.1, -0.05) is 32.1 Å². The first-order valence-electron chi connectivity index (χ1n) is 9.32. The topological polar surface area (TPSA) is 43.7 Å². The molecular formula is C22H22F5NO2. The van der Waals surface area contributed by atoms with Crippen LogP contribution in [0.1, 0.15) is 31.4 Å². The molecule has 8 heteroatoms. The molecule has 2 aromatic rings. The zero-order valence-electron chi connectivity index (χ0n) is 16.5. The molecule has 0 spiro atoms. The predicted octanol–water partition coefficient (Wildman–Crippen LogP) is 5.16. The highest BCUT2D eigenvalue weighted by Gasteiger charge is 2.57. The van der Waals surface area contributed by atoms with Crippen LogP contribution in [0, 0.1) is 11.6 Å². The van der Waals surface area contributed by atoms with Crippen molar-refractivity contribution in [2.45, 2.75) is 37.5 Å². The summed E-state index contributed by atoms with van der Waals surface area (Å²) in [6, 6.07) is 6.80. The number of alkyl halides is 3. The van der Waals surface area contributed by atoms with Crippen molar-refractivity contribution in [2.24, 2.45) is 0 Å². The van der Waals surface area contributed by atoms with Gasteiger partial charge in [-0.15, -0.1) is 0 Å². The van der Waals surface area contributed by atoms with E-state index in [0.717, 1.165) is 24.3 Å². The summed E-state index contributed by atoms with van der Waals surface area (Å²) < 4.78 is 69.5. The molecule has 0 amide bonds. The first-order chi connectivity index (χ1) is 13.8. The number of fused-ring (bicyclic) bond motifs is 1. The highest BCUT2D eigenvalue weighted by Crippen LogP contribution is 2.44. The zero-order chi connectivity index (χ0) is 22.3. The van der Waals surface area contributed by atoms with Crippen molar-refractivity contribution in [1.29, 1.82) is 0 Å². The minimum Gasteiger partial charge on any atom is -0.508 e. The minimum atomic E-state index is -5.03. The Morgan fingerprint density at radius 2 is 1.63 bits per heavy atom. The molecule has 0 saturated heterocycles. The lowest BCUT2D eigenvalue weighted by Crippen LogP contribution is -2.56. The van der Waals surface area contributed by atoms with Gasteiger partial charge in [-0.05, 0) is 47.7 Å². The van der Waals surface area contributed by atoms with E-state index in [1.54, 1.807) is 12.2 Å². The Balaban J connectivity index is 1.97. The van der Waals surface area contributed by atoms with E-state index in [9.17, 15) is 32.2 Å². The molecule has 0 radical (unpaired) electrons. The van der Waals surface area contributed by atoms with Crippen LogP contribution in [0.4, 0.5) is 27.6 Å². The average Bonchev–Trinajstić information content (AvgIpc) is 2.63. The summed E-state index contributed by atoms with van der Waals surface area (Å²) in [4.78, 5) is 1.26. The van der Waals surface area contributed by atoms with Crippen LogP contribution in [0.3, 0.4) is 0 Å². The van der Waals surface area contributed by atoms with Crippen molar-refractivity contribution >= 4 is 11.8 Å². The van der Waals surface area contributed by atoms with Crippen molar-refractivity contribution < 1.29 is 32.2 Å². The van der Waals surface area contributed by atoms with E-state index in [1.807, 2.05) is 0 Å². The van der Waals surface area contributed by atoms with Gasteiger partial charge in [-0.25, -0.2) is 8.78 Å². The molecule has 30 heavy (non-hydrogen) atoms. The summed E-state index contributed by atoms with van der Waals surface area (Å²) in [6.07, 6.45) is -2.57. The maximum absolute atomic E-state index is 14.0. The lowest BCUT2D eigenvalue weighted by molar-refractivity contribution is -0.262. The largest absolute Gasteiger partial charge is 0.508 e. The van der Waals surface area contributed by atoms with Crippen molar-refractivity contribution in [2.75, 3.05) is 18.0 Å². The van der Waals surface area contributed by atoms with Crippen molar-refractivity contribution in [3.63, 3.8) is 0 Å². The highest BCUT2D eigenvalue weighted by molar-refractivity contribution is 5.71. The number of aromatic hydroxyl groups is 1. The van der Waals surface area contributed by atoms with Crippen molar-refractivity contribution in [3.05, 3.63) is 65.2 Å². The highest BCUT2D eigenvalue weighted by atomic mass is 19.4. The van der Waals surface area contributed by atoms with Crippen LogP contribution in [-0.4, -0.2) is 35.1 Å². The minimum absolute atomic E-state index is 0.0461. The Morgan fingerprint density at radius 3 is 2.30 bits per heavy atom. The number of hydrogen-bond acceptors (Lipinski definition) is 3. The van der Waals surface area contributed by atoms with E-state index in [1.165, 1.54) is 30.9 Å². The second kappa shape index (κ2) is 7.58. The summed E-state index contributed by atoms with van der Waals surface area (Å²) in [5.41, 5.74) is -3.90. The number of phenols is 1. The maximum atomic E-state index is 14.0. The van der Waals surface area contributed by atoms with Gasteiger partial charge in [0, 0.05) is 17.8 Å². The summed E-state index contributed by atoms with van der Waals surface area (Å²) in [6.45, 7) is 1.99. The predicted molar refractivity (Wildman–Crippen MR) is 104 cm³/mol. The van der Waals surface area contributed by atoms with Gasteiger partial charge >= 0.3 is 6.18 Å². The monoisotopic (exact) mass is 427 g/mol. The van der Waals surface area contributed by atoms with Gasteiger partial charge in [-0.3, -0.25) is 0 Å². The Hall–Kier alpha value is -2.61. The fraction of sp³-hybridized carbons (Fsp3) is 0.364. The quantitative estimate of drug-likeness (QED) is 0.648. The van der Waals surface area contributed by atoms with E-state index in [0.29, 0.717) is 5.56 Å².